The Morgan fingerprint density at radius 2 is 1.90 bits per heavy atom. The van der Waals surface area contributed by atoms with Gasteiger partial charge in [0.15, 0.2) is 0 Å². The molecule has 0 saturated carbocycles. The third-order valence-electron chi connectivity index (χ3n) is 2.92. The normalized spacial score (nSPS) is 10.1. The number of hydrazine groups is 1. The van der Waals surface area contributed by atoms with Gasteiger partial charge in [0.1, 0.15) is 6.33 Å². The number of nitrogens with zero attached hydrogens (tertiary/aromatic N) is 3. The zero-order chi connectivity index (χ0) is 15.1. The second-order valence-electron chi connectivity index (χ2n) is 4.34. The van der Waals surface area contributed by atoms with Crippen LogP contribution in [-0.4, -0.2) is 21.4 Å². The summed E-state index contributed by atoms with van der Waals surface area (Å²) >= 11 is 0. The lowest BCUT2D eigenvalue weighted by molar-refractivity contribution is -0.383. The van der Waals surface area contributed by atoms with Gasteiger partial charge in [0.2, 0.25) is 11.6 Å². The van der Waals surface area contributed by atoms with Gasteiger partial charge in [-0.05, 0) is 18.4 Å². The smallest absolute Gasteiger partial charge is 0.354 e. The number of hydrogen-bond acceptors (Lipinski definition) is 7. The molecular weight excluding hydrogens is 272 g/mol. The molecule has 0 saturated heterocycles. The number of nitro groups is 1. The Morgan fingerprint density at radius 1 is 1.19 bits per heavy atom. The van der Waals surface area contributed by atoms with Crippen molar-refractivity contribution in [2.75, 3.05) is 17.3 Å². The molecule has 110 valence electrons. The number of aromatic nitrogens is 2. The lowest BCUT2D eigenvalue weighted by Crippen LogP contribution is -2.14. The maximum absolute atomic E-state index is 11.0. The highest BCUT2D eigenvalue weighted by atomic mass is 16.6. The first kappa shape index (κ1) is 14.7. The van der Waals surface area contributed by atoms with E-state index in [-0.39, 0.29) is 17.3 Å². The molecule has 0 spiro atoms. The van der Waals surface area contributed by atoms with Crippen molar-refractivity contribution in [3.63, 3.8) is 0 Å². The molecule has 21 heavy (non-hydrogen) atoms. The molecule has 1 aromatic heterocycles. The minimum Gasteiger partial charge on any atom is -0.364 e. The minimum atomic E-state index is -0.561. The summed E-state index contributed by atoms with van der Waals surface area (Å²) in [4.78, 5) is 18.1. The Kier molecular flexibility index (Phi) is 4.99. The summed E-state index contributed by atoms with van der Waals surface area (Å²) in [6.07, 6.45) is 2.94. The lowest BCUT2D eigenvalue weighted by Gasteiger charge is -2.08. The van der Waals surface area contributed by atoms with Crippen molar-refractivity contribution in [1.29, 1.82) is 0 Å². The molecule has 0 unspecified atom stereocenters. The standard InChI is InChI=1S/C13H16N6O2/c14-18-13-11(19(20)21)12(16-9-17-13)15-8-4-7-10-5-2-1-3-6-10/h1-3,5-6,9H,4,7-8,14H2,(H2,15,16,17,18). The highest BCUT2D eigenvalue weighted by molar-refractivity contribution is 5.68. The number of anilines is 2. The predicted molar refractivity (Wildman–Crippen MR) is 79.7 cm³/mol. The van der Waals surface area contributed by atoms with Gasteiger partial charge in [-0.2, -0.15) is 0 Å². The van der Waals surface area contributed by atoms with Crippen LogP contribution in [0.2, 0.25) is 0 Å². The summed E-state index contributed by atoms with van der Waals surface area (Å²) in [7, 11) is 0. The predicted octanol–water partition coefficient (Wildman–Crippen LogP) is 1.72. The van der Waals surface area contributed by atoms with Gasteiger partial charge in [-0.1, -0.05) is 30.3 Å². The van der Waals surface area contributed by atoms with Crippen LogP contribution in [0.5, 0.6) is 0 Å². The Labute approximate surface area is 121 Å². The van der Waals surface area contributed by atoms with Crippen LogP contribution in [0.3, 0.4) is 0 Å². The van der Waals surface area contributed by atoms with E-state index in [1.165, 1.54) is 11.9 Å². The van der Waals surface area contributed by atoms with Crippen LogP contribution in [-0.2, 0) is 6.42 Å². The van der Waals surface area contributed by atoms with Crippen molar-refractivity contribution in [3.8, 4) is 0 Å². The Bertz CT molecular complexity index is 605. The fraction of sp³-hybridized carbons (Fsp3) is 0.231. The quantitative estimate of drug-likeness (QED) is 0.307. The summed E-state index contributed by atoms with van der Waals surface area (Å²) in [6, 6.07) is 10.0. The number of nitrogen functional groups attached to an aromatic ring is 1. The largest absolute Gasteiger partial charge is 0.364 e. The van der Waals surface area contributed by atoms with Gasteiger partial charge in [-0.25, -0.2) is 15.8 Å². The monoisotopic (exact) mass is 288 g/mol. The van der Waals surface area contributed by atoms with Gasteiger partial charge < -0.3 is 10.7 Å². The molecule has 8 heteroatoms. The number of rotatable bonds is 7. The molecule has 1 heterocycles. The molecule has 0 aliphatic heterocycles. The topological polar surface area (TPSA) is 119 Å². The van der Waals surface area contributed by atoms with Gasteiger partial charge in [0.25, 0.3) is 0 Å². The molecule has 0 amide bonds. The van der Waals surface area contributed by atoms with E-state index in [0.29, 0.717) is 6.54 Å². The molecule has 2 aromatic rings. The molecule has 2 rings (SSSR count). The number of hydrogen-bond donors (Lipinski definition) is 3. The number of aryl methyl sites for hydroxylation is 1. The van der Waals surface area contributed by atoms with Gasteiger partial charge in [-0.3, -0.25) is 10.1 Å². The van der Waals surface area contributed by atoms with Crippen LogP contribution >= 0.6 is 0 Å². The maximum Gasteiger partial charge on any atom is 0.354 e. The van der Waals surface area contributed by atoms with Crippen molar-refractivity contribution >= 4 is 17.3 Å². The van der Waals surface area contributed by atoms with Crippen molar-refractivity contribution in [2.24, 2.45) is 5.84 Å². The number of nitrogens with one attached hydrogen (secondary N) is 2. The van der Waals surface area contributed by atoms with E-state index in [9.17, 15) is 10.1 Å². The van der Waals surface area contributed by atoms with Gasteiger partial charge >= 0.3 is 5.69 Å². The van der Waals surface area contributed by atoms with Crippen LogP contribution in [0.25, 0.3) is 0 Å². The van der Waals surface area contributed by atoms with E-state index in [2.05, 4.69) is 20.7 Å². The van der Waals surface area contributed by atoms with E-state index >= 15 is 0 Å². The van der Waals surface area contributed by atoms with Crippen LogP contribution < -0.4 is 16.6 Å². The lowest BCUT2D eigenvalue weighted by atomic mass is 10.1. The molecule has 0 radical (unpaired) electrons. The van der Waals surface area contributed by atoms with Crippen molar-refractivity contribution in [2.45, 2.75) is 12.8 Å². The first-order valence-electron chi connectivity index (χ1n) is 6.46. The molecule has 0 fully saturated rings. The second-order valence-corrected chi connectivity index (χ2v) is 4.34. The van der Waals surface area contributed by atoms with Crippen molar-refractivity contribution in [1.82, 2.24) is 9.97 Å². The molecule has 0 aliphatic carbocycles. The van der Waals surface area contributed by atoms with Crippen LogP contribution in [0.4, 0.5) is 17.3 Å². The zero-order valence-electron chi connectivity index (χ0n) is 11.3. The molecular formula is C13H16N6O2. The van der Waals surface area contributed by atoms with E-state index in [1.54, 1.807) is 0 Å². The Hall–Kier alpha value is -2.74. The van der Waals surface area contributed by atoms with Crippen LogP contribution in [0, 0.1) is 10.1 Å². The van der Waals surface area contributed by atoms with Crippen molar-refractivity contribution < 1.29 is 4.92 Å². The maximum atomic E-state index is 11.0. The summed E-state index contributed by atoms with van der Waals surface area (Å²) in [5, 5.41) is 14.0. The Morgan fingerprint density at radius 3 is 2.57 bits per heavy atom. The van der Waals surface area contributed by atoms with E-state index in [4.69, 9.17) is 5.84 Å². The average Bonchev–Trinajstić information content (AvgIpc) is 2.52. The van der Waals surface area contributed by atoms with Crippen molar-refractivity contribution in [3.05, 3.63) is 52.3 Å². The zero-order valence-corrected chi connectivity index (χ0v) is 11.3. The first-order chi connectivity index (χ1) is 10.2. The van der Waals surface area contributed by atoms with Gasteiger partial charge in [0.05, 0.1) is 4.92 Å². The molecule has 0 atom stereocenters. The third kappa shape index (κ3) is 3.86. The molecule has 4 N–H and O–H groups in total. The van der Waals surface area contributed by atoms with Gasteiger partial charge in [-0.15, -0.1) is 0 Å². The highest BCUT2D eigenvalue weighted by Gasteiger charge is 2.21. The fourth-order valence-corrected chi connectivity index (χ4v) is 1.93. The Balaban J connectivity index is 1.95. The molecule has 0 aliphatic rings. The second kappa shape index (κ2) is 7.15. The summed E-state index contributed by atoms with van der Waals surface area (Å²) < 4.78 is 0. The average molecular weight is 288 g/mol. The SMILES string of the molecule is NNc1ncnc(NCCCc2ccccc2)c1[N+](=O)[O-]. The molecule has 1 aromatic carbocycles. The fourth-order valence-electron chi connectivity index (χ4n) is 1.93. The van der Waals surface area contributed by atoms with Crippen LogP contribution in [0.15, 0.2) is 36.7 Å². The molecule has 0 bridgehead atoms. The van der Waals surface area contributed by atoms with Crippen LogP contribution in [0.1, 0.15) is 12.0 Å². The van der Waals surface area contributed by atoms with E-state index in [1.807, 2.05) is 30.3 Å². The first-order valence-corrected chi connectivity index (χ1v) is 6.46. The third-order valence-corrected chi connectivity index (χ3v) is 2.92. The minimum absolute atomic E-state index is 0.0134. The summed E-state index contributed by atoms with van der Waals surface area (Å²) in [5.74, 6) is 5.37. The van der Waals surface area contributed by atoms with E-state index in [0.717, 1.165) is 12.8 Å². The van der Waals surface area contributed by atoms with E-state index < -0.39 is 4.92 Å². The number of nitrogens with two attached hydrogens (primary N) is 1. The highest BCUT2D eigenvalue weighted by Crippen LogP contribution is 2.27. The van der Waals surface area contributed by atoms with Gasteiger partial charge in [0, 0.05) is 6.54 Å². The summed E-state index contributed by atoms with van der Waals surface area (Å²) in [5.41, 5.74) is 3.17. The molecule has 8 nitrogen and oxygen atoms in total. The number of benzene rings is 1. The summed E-state index contributed by atoms with van der Waals surface area (Å²) in [6.45, 7) is 0.566.